The zero-order valence-corrected chi connectivity index (χ0v) is 23.8. The molecule has 0 radical (unpaired) electrons. The minimum absolute atomic E-state index is 0.00809. The van der Waals surface area contributed by atoms with Crippen LogP contribution >= 0.6 is 0 Å². The van der Waals surface area contributed by atoms with Gasteiger partial charge in [-0.1, -0.05) is 19.0 Å². The van der Waals surface area contributed by atoms with Crippen molar-refractivity contribution in [1.82, 2.24) is 21.3 Å². The summed E-state index contributed by atoms with van der Waals surface area (Å²) in [6.07, 6.45) is 0.712. The fraction of sp³-hybridized carbons (Fsp3) is 0.792. The third-order valence-corrected chi connectivity index (χ3v) is 5.37. The molecule has 41 heavy (non-hydrogen) atoms. The molecule has 0 aliphatic heterocycles. The molecule has 2 atom stereocenters. The number of nitrogens with one attached hydrogen (secondary N) is 4. The predicted molar refractivity (Wildman–Crippen MR) is 146 cm³/mol. The average Bonchev–Trinajstić information content (AvgIpc) is 2.91. The first-order valence-corrected chi connectivity index (χ1v) is 13.4. The normalized spacial score (nSPS) is 12.1. The van der Waals surface area contributed by atoms with Crippen LogP contribution in [-0.4, -0.2) is 106 Å². The standard InChI is InChI=1S/C24H44N8O9/c1-17(2)21(22(35)30-18(23(36)37)5-4-8-28-24(25)38)31-20(34)7-3-6-19(33)27-9-11-39-13-15-41-16-14-40-12-10-29-32-26/h17-18,21H,3-16H2,1-2H3,(H,27,33)(H,30,35)(H,31,34)(H,36,37)(H3,25,28,38)/t18-,21-/m0/s1. The lowest BCUT2D eigenvalue weighted by Crippen LogP contribution is -2.53. The molecule has 0 unspecified atom stereocenters. The number of hydrogen-bond donors (Lipinski definition) is 6. The minimum atomic E-state index is -1.24. The lowest BCUT2D eigenvalue weighted by Gasteiger charge is -2.24. The number of rotatable bonds is 25. The van der Waals surface area contributed by atoms with E-state index in [4.69, 9.17) is 25.5 Å². The Hall–Kier alpha value is -3.66. The Labute approximate surface area is 239 Å². The van der Waals surface area contributed by atoms with Crippen LogP contribution in [0.2, 0.25) is 0 Å². The largest absolute Gasteiger partial charge is 0.480 e. The highest BCUT2D eigenvalue weighted by molar-refractivity contribution is 5.90. The van der Waals surface area contributed by atoms with Crippen LogP contribution in [0.5, 0.6) is 0 Å². The van der Waals surface area contributed by atoms with Gasteiger partial charge in [0.15, 0.2) is 0 Å². The molecule has 0 aliphatic carbocycles. The summed E-state index contributed by atoms with van der Waals surface area (Å²) >= 11 is 0. The van der Waals surface area contributed by atoms with Crippen molar-refractivity contribution in [2.24, 2.45) is 16.8 Å². The fourth-order valence-corrected chi connectivity index (χ4v) is 3.27. The third kappa shape index (κ3) is 21.8. The van der Waals surface area contributed by atoms with Crippen LogP contribution in [0.4, 0.5) is 4.79 Å². The van der Waals surface area contributed by atoms with Gasteiger partial charge >= 0.3 is 12.0 Å². The van der Waals surface area contributed by atoms with Crippen LogP contribution in [0.25, 0.3) is 10.4 Å². The van der Waals surface area contributed by atoms with E-state index in [1.807, 2.05) is 0 Å². The Balaban J connectivity index is 4.11. The molecule has 17 heteroatoms. The SMILES string of the molecule is CC(C)[C@H](NC(=O)CCCC(=O)NCCOCCOCCOCCN=[N+]=[N-])C(=O)N[C@@H](CCCNC(N)=O)C(=O)O. The number of carbonyl (C=O) groups is 5. The van der Waals surface area contributed by atoms with Gasteiger partial charge in [-0.15, -0.1) is 0 Å². The Bertz CT molecular complexity index is 853. The lowest BCUT2D eigenvalue weighted by molar-refractivity contribution is -0.142. The highest BCUT2D eigenvalue weighted by Crippen LogP contribution is 2.06. The quantitative estimate of drug-likeness (QED) is 0.0356. The summed E-state index contributed by atoms with van der Waals surface area (Å²) in [7, 11) is 0. The first-order chi connectivity index (χ1) is 19.6. The molecule has 7 N–H and O–H groups in total. The molecule has 0 bridgehead atoms. The Morgan fingerprint density at radius 3 is 2.05 bits per heavy atom. The van der Waals surface area contributed by atoms with E-state index in [2.05, 4.69) is 31.3 Å². The first-order valence-electron chi connectivity index (χ1n) is 13.4. The van der Waals surface area contributed by atoms with Crippen molar-refractivity contribution in [1.29, 1.82) is 0 Å². The van der Waals surface area contributed by atoms with Crippen molar-refractivity contribution >= 4 is 29.7 Å². The number of primary amides is 1. The highest BCUT2D eigenvalue weighted by atomic mass is 16.5. The van der Waals surface area contributed by atoms with Crippen molar-refractivity contribution < 1.29 is 43.3 Å². The Morgan fingerprint density at radius 2 is 1.46 bits per heavy atom. The molecular formula is C24H44N8O9. The van der Waals surface area contributed by atoms with E-state index < -0.39 is 35.9 Å². The number of ether oxygens (including phenoxy) is 3. The second kappa shape index (κ2) is 24.2. The number of aliphatic carboxylic acids is 1. The number of nitrogens with two attached hydrogens (primary N) is 1. The summed E-state index contributed by atoms with van der Waals surface area (Å²) in [6, 6.07) is -2.88. The van der Waals surface area contributed by atoms with Crippen molar-refractivity contribution in [3.63, 3.8) is 0 Å². The Morgan fingerprint density at radius 1 is 0.854 bits per heavy atom. The molecule has 0 aromatic heterocycles. The summed E-state index contributed by atoms with van der Waals surface area (Å²) in [6.45, 7) is 6.26. The van der Waals surface area contributed by atoms with E-state index in [-0.39, 0.29) is 57.0 Å². The Kier molecular flexibility index (Phi) is 22.0. The summed E-state index contributed by atoms with van der Waals surface area (Å²) in [5.74, 6) is -2.88. The molecule has 0 aromatic rings. The maximum Gasteiger partial charge on any atom is 0.326 e. The van der Waals surface area contributed by atoms with Crippen LogP contribution in [-0.2, 0) is 33.4 Å². The van der Waals surface area contributed by atoms with E-state index >= 15 is 0 Å². The number of carboxylic acids is 1. The van der Waals surface area contributed by atoms with Crippen LogP contribution < -0.4 is 27.0 Å². The zero-order valence-electron chi connectivity index (χ0n) is 23.8. The van der Waals surface area contributed by atoms with Gasteiger partial charge in [0.1, 0.15) is 12.1 Å². The average molecular weight is 589 g/mol. The van der Waals surface area contributed by atoms with Crippen molar-refractivity contribution in [3.8, 4) is 0 Å². The number of hydrogen-bond acceptors (Lipinski definition) is 9. The number of nitrogens with zero attached hydrogens (tertiary/aromatic N) is 3. The topological polar surface area (TPSA) is 256 Å². The number of amides is 5. The third-order valence-electron chi connectivity index (χ3n) is 5.37. The van der Waals surface area contributed by atoms with Gasteiger partial charge in [-0.05, 0) is 30.7 Å². The zero-order chi connectivity index (χ0) is 30.9. The second-order valence-corrected chi connectivity index (χ2v) is 9.12. The van der Waals surface area contributed by atoms with Gasteiger partial charge in [0.2, 0.25) is 17.7 Å². The fourth-order valence-electron chi connectivity index (χ4n) is 3.27. The van der Waals surface area contributed by atoms with Gasteiger partial charge in [0.05, 0.1) is 39.6 Å². The van der Waals surface area contributed by atoms with Gasteiger partial charge in [-0.2, -0.15) is 0 Å². The van der Waals surface area contributed by atoms with Gasteiger partial charge in [-0.3, -0.25) is 14.4 Å². The van der Waals surface area contributed by atoms with E-state index in [0.717, 1.165) is 0 Å². The van der Waals surface area contributed by atoms with Crippen LogP contribution in [0.15, 0.2) is 5.11 Å². The molecular weight excluding hydrogens is 544 g/mol. The molecule has 0 spiro atoms. The van der Waals surface area contributed by atoms with E-state index in [1.165, 1.54) is 0 Å². The summed E-state index contributed by atoms with van der Waals surface area (Å²) in [5.41, 5.74) is 13.1. The minimum Gasteiger partial charge on any atom is -0.480 e. The van der Waals surface area contributed by atoms with Gasteiger partial charge in [-0.25, -0.2) is 9.59 Å². The van der Waals surface area contributed by atoms with Crippen molar-refractivity contribution in [3.05, 3.63) is 10.4 Å². The maximum atomic E-state index is 12.7. The van der Waals surface area contributed by atoms with E-state index in [9.17, 15) is 29.1 Å². The smallest absolute Gasteiger partial charge is 0.326 e. The molecule has 5 amide bonds. The van der Waals surface area contributed by atoms with Crippen LogP contribution in [0.3, 0.4) is 0 Å². The summed E-state index contributed by atoms with van der Waals surface area (Å²) < 4.78 is 15.9. The monoisotopic (exact) mass is 588 g/mol. The number of carboxylic acid groups (broad SMARTS) is 1. The maximum absolute atomic E-state index is 12.7. The molecule has 234 valence electrons. The lowest BCUT2D eigenvalue weighted by atomic mass is 10.0. The van der Waals surface area contributed by atoms with Crippen molar-refractivity contribution in [2.45, 2.75) is 58.0 Å². The highest BCUT2D eigenvalue weighted by Gasteiger charge is 2.28. The van der Waals surface area contributed by atoms with Gasteiger partial charge < -0.3 is 46.3 Å². The molecule has 0 heterocycles. The predicted octanol–water partition coefficient (Wildman–Crippen LogP) is -0.208. The summed E-state index contributed by atoms with van der Waals surface area (Å²) in [5, 5.41) is 22.8. The molecule has 0 aliphatic rings. The molecule has 0 saturated heterocycles. The second-order valence-electron chi connectivity index (χ2n) is 9.12. The van der Waals surface area contributed by atoms with E-state index in [0.29, 0.717) is 46.2 Å². The number of azide groups is 1. The van der Waals surface area contributed by atoms with Gasteiger partial charge in [0, 0.05) is 37.4 Å². The van der Waals surface area contributed by atoms with Crippen LogP contribution in [0.1, 0.15) is 46.0 Å². The molecule has 0 fully saturated rings. The number of carbonyl (C=O) groups excluding carboxylic acids is 4. The van der Waals surface area contributed by atoms with Gasteiger partial charge in [0.25, 0.3) is 0 Å². The van der Waals surface area contributed by atoms with Crippen molar-refractivity contribution in [2.75, 3.05) is 59.3 Å². The molecule has 0 rings (SSSR count). The van der Waals surface area contributed by atoms with Crippen LogP contribution in [0, 0.1) is 5.92 Å². The molecule has 0 aromatic carbocycles. The first kappa shape index (κ1) is 37.3. The molecule has 17 nitrogen and oxygen atoms in total. The summed E-state index contributed by atoms with van der Waals surface area (Å²) in [4.78, 5) is 61.9. The number of urea groups is 1. The molecule has 0 saturated carbocycles. The van der Waals surface area contributed by atoms with E-state index in [1.54, 1.807) is 13.8 Å².